The van der Waals surface area contributed by atoms with Crippen molar-refractivity contribution < 1.29 is 19.0 Å². The van der Waals surface area contributed by atoms with E-state index in [2.05, 4.69) is 4.84 Å². The second kappa shape index (κ2) is 6.32. The minimum atomic E-state index is 0.249. The molecule has 0 atom stereocenters. The van der Waals surface area contributed by atoms with E-state index in [9.17, 15) is 0 Å². The predicted molar refractivity (Wildman–Crippen MR) is 59.2 cm³/mol. The molecule has 0 fully saturated rings. The lowest BCUT2D eigenvalue weighted by Gasteiger charge is -2.16. The van der Waals surface area contributed by atoms with Crippen LogP contribution in [0, 0.1) is 0 Å². The lowest BCUT2D eigenvalue weighted by Crippen LogP contribution is -2.07. The molecule has 0 aliphatic heterocycles. The molecule has 0 bridgehead atoms. The van der Waals surface area contributed by atoms with Crippen molar-refractivity contribution in [1.29, 1.82) is 0 Å². The van der Waals surface area contributed by atoms with Gasteiger partial charge in [0.1, 0.15) is 11.5 Å². The number of methoxy groups -OCH3 is 3. The normalized spacial score (nSPS) is 10.2. The van der Waals surface area contributed by atoms with Crippen LogP contribution in [-0.4, -0.2) is 21.3 Å². The third-order valence-corrected chi connectivity index (χ3v) is 2.30. The monoisotopic (exact) mass is 227 g/mol. The van der Waals surface area contributed by atoms with Crippen LogP contribution in [0.3, 0.4) is 0 Å². The highest BCUT2D eigenvalue weighted by Crippen LogP contribution is 2.31. The Morgan fingerprint density at radius 1 is 0.938 bits per heavy atom. The summed E-state index contributed by atoms with van der Waals surface area (Å²) in [6.07, 6.45) is 0. The fourth-order valence-corrected chi connectivity index (χ4v) is 1.58. The Hall–Kier alpha value is -1.30. The van der Waals surface area contributed by atoms with Gasteiger partial charge in [0.05, 0.1) is 27.4 Å². The van der Waals surface area contributed by atoms with E-state index in [4.69, 9.17) is 20.1 Å². The smallest absolute Gasteiger partial charge is 0.125 e. The van der Waals surface area contributed by atoms with Gasteiger partial charge in [-0.3, -0.25) is 4.84 Å². The summed E-state index contributed by atoms with van der Waals surface area (Å²) in [4.78, 5) is 4.67. The zero-order chi connectivity index (χ0) is 12.0. The number of ether oxygens (including phenoxy) is 3. The summed E-state index contributed by atoms with van der Waals surface area (Å²) in [7, 11) is 4.82. The molecule has 5 nitrogen and oxygen atoms in total. The second-order valence-corrected chi connectivity index (χ2v) is 3.17. The molecule has 0 aliphatic rings. The van der Waals surface area contributed by atoms with Crippen LogP contribution in [0.5, 0.6) is 11.5 Å². The van der Waals surface area contributed by atoms with E-state index < -0.39 is 0 Å². The molecule has 0 aromatic heterocycles. The molecule has 0 radical (unpaired) electrons. The van der Waals surface area contributed by atoms with Gasteiger partial charge in [-0.25, -0.2) is 5.90 Å². The SMILES string of the molecule is COCc1c(OC)ccc(OC)c1CON. The molecular weight excluding hydrogens is 210 g/mol. The van der Waals surface area contributed by atoms with Gasteiger partial charge in [-0.1, -0.05) is 0 Å². The molecule has 5 heteroatoms. The van der Waals surface area contributed by atoms with Gasteiger partial charge in [-0.2, -0.15) is 0 Å². The van der Waals surface area contributed by atoms with Crippen molar-refractivity contribution >= 4 is 0 Å². The van der Waals surface area contributed by atoms with Crippen LogP contribution >= 0.6 is 0 Å². The molecule has 0 unspecified atom stereocenters. The summed E-state index contributed by atoms with van der Waals surface area (Å²) in [6.45, 7) is 0.665. The van der Waals surface area contributed by atoms with Crippen molar-refractivity contribution in [1.82, 2.24) is 0 Å². The molecule has 0 spiro atoms. The van der Waals surface area contributed by atoms with Gasteiger partial charge >= 0.3 is 0 Å². The van der Waals surface area contributed by atoms with Crippen molar-refractivity contribution in [2.45, 2.75) is 13.2 Å². The summed E-state index contributed by atoms with van der Waals surface area (Å²) in [5.74, 6) is 6.54. The van der Waals surface area contributed by atoms with Crippen molar-refractivity contribution in [3.8, 4) is 11.5 Å². The van der Waals surface area contributed by atoms with Crippen LogP contribution in [-0.2, 0) is 22.8 Å². The average molecular weight is 227 g/mol. The largest absolute Gasteiger partial charge is 0.496 e. The standard InChI is InChI=1S/C11H17NO4/c1-13-6-8-9(7-16-12)11(15-3)5-4-10(8)14-2/h4-5H,6-7,12H2,1-3H3. The minimum Gasteiger partial charge on any atom is -0.496 e. The fourth-order valence-electron chi connectivity index (χ4n) is 1.58. The topological polar surface area (TPSA) is 62.9 Å². The molecule has 90 valence electrons. The van der Waals surface area contributed by atoms with E-state index in [1.807, 2.05) is 12.1 Å². The Kier molecular flexibility index (Phi) is 5.04. The lowest BCUT2D eigenvalue weighted by atomic mass is 10.1. The van der Waals surface area contributed by atoms with Gasteiger partial charge in [0.15, 0.2) is 0 Å². The van der Waals surface area contributed by atoms with Crippen LogP contribution in [0.2, 0.25) is 0 Å². The average Bonchev–Trinajstić information content (AvgIpc) is 2.31. The Morgan fingerprint density at radius 3 is 1.81 bits per heavy atom. The molecule has 0 saturated heterocycles. The van der Waals surface area contributed by atoms with Gasteiger partial charge in [-0.15, -0.1) is 0 Å². The molecule has 16 heavy (non-hydrogen) atoms. The third-order valence-electron chi connectivity index (χ3n) is 2.30. The summed E-state index contributed by atoms with van der Waals surface area (Å²) < 4.78 is 15.6. The number of nitrogens with two attached hydrogens (primary N) is 1. The maximum atomic E-state index is 5.25. The highest BCUT2D eigenvalue weighted by atomic mass is 16.6. The van der Waals surface area contributed by atoms with Crippen molar-refractivity contribution in [3.63, 3.8) is 0 Å². The van der Waals surface area contributed by atoms with E-state index in [-0.39, 0.29) is 6.61 Å². The zero-order valence-corrected chi connectivity index (χ0v) is 9.78. The number of hydrogen-bond donors (Lipinski definition) is 1. The minimum absolute atomic E-state index is 0.249. The molecule has 1 rings (SSSR count). The predicted octanol–water partition coefficient (Wildman–Crippen LogP) is 1.24. The molecule has 0 heterocycles. The van der Waals surface area contributed by atoms with Crippen LogP contribution in [0.1, 0.15) is 11.1 Å². The first-order chi connectivity index (χ1) is 7.78. The highest BCUT2D eigenvalue weighted by molar-refractivity contribution is 5.48. The Bertz CT molecular complexity index is 308. The van der Waals surface area contributed by atoms with Crippen molar-refractivity contribution in [2.24, 2.45) is 5.90 Å². The lowest BCUT2D eigenvalue weighted by molar-refractivity contribution is 0.117. The van der Waals surface area contributed by atoms with Gasteiger partial charge in [-0.05, 0) is 12.1 Å². The molecule has 1 aromatic rings. The van der Waals surface area contributed by atoms with Crippen LogP contribution in [0.4, 0.5) is 0 Å². The number of rotatable bonds is 6. The molecule has 2 N–H and O–H groups in total. The first-order valence-corrected chi connectivity index (χ1v) is 4.81. The Balaban J connectivity index is 3.22. The summed E-state index contributed by atoms with van der Waals surface area (Å²) in [5, 5.41) is 0. The molecule has 0 aliphatic carbocycles. The van der Waals surface area contributed by atoms with Crippen LogP contribution in [0.25, 0.3) is 0 Å². The Labute approximate surface area is 95.0 Å². The van der Waals surface area contributed by atoms with E-state index in [1.54, 1.807) is 21.3 Å². The van der Waals surface area contributed by atoms with E-state index in [0.717, 1.165) is 16.9 Å². The van der Waals surface area contributed by atoms with E-state index in [0.29, 0.717) is 12.4 Å². The quantitative estimate of drug-likeness (QED) is 0.741. The highest BCUT2D eigenvalue weighted by Gasteiger charge is 2.14. The van der Waals surface area contributed by atoms with Crippen LogP contribution < -0.4 is 15.4 Å². The first kappa shape index (κ1) is 12.8. The van der Waals surface area contributed by atoms with Gasteiger partial charge in [0.25, 0.3) is 0 Å². The van der Waals surface area contributed by atoms with Crippen molar-refractivity contribution in [3.05, 3.63) is 23.3 Å². The zero-order valence-electron chi connectivity index (χ0n) is 9.78. The van der Waals surface area contributed by atoms with Gasteiger partial charge in [0.2, 0.25) is 0 Å². The molecule has 1 aromatic carbocycles. The Morgan fingerprint density at radius 2 is 1.44 bits per heavy atom. The van der Waals surface area contributed by atoms with E-state index in [1.165, 1.54) is 0 Å². The molecule has 0 amide bonds. The molecule has 0 saturated carbocycles. The fraction of sp³-hybridized carbons (Fsp3) is 0.455. The molecular formula is C11H17NO4. The summed E-state index contributed by atoms with van der Waals surface area (Å²) in [5.41, 5.74) is 1.72. The maximum Gasteiger partial charge on any atom is 0.125 e. The summed E-state index contributed by atoms with van der Waals surface area (Å²) >= 11 is 0. The third kappa shape index (κ3) is 2.63. The number of benzene rings is 1. The van der Waals surface area contributed by atoms with Gasteiger partial charge < -0.3 is 14.2 Å². The van der Waals surface area contributed by atoms with Crippen LogP contribution in [0.15, 0.2) is 12.1 Å². The summed E-state index contributed by atoms with van der Waals surface area (Å²) in [6, 6.07) is 3.64. The number of hydrogen-bond acceptors (Lipinski definition) is 5. The second-order valence-electron chi connectivity index (χ2n) is 3.17. The van der Waals surface area contributed by atoms with Crippen molar-refractivity contribution in [2.75, 3.05) is 21.3 Å². The van der Waals surface area contributed by atoms with Gasteiger partial charge in [0, 0.05) is 18.2 Å². The van der Waals surface area contributed by atoms with E-state index >= 15 is 0 Å². The maximum absolute atomic E-state index is 5.25. The first-order valence-electron chi connectivity index (χ1n) is 4.81.